The summed E-state index contributed by atoms with van der Waals surface area (Å²) < 4.78 is 2.05. The molecule has 4 rings (SSSR count). The number of carbonyl (C=O) groups is 1. The number of para-hydroxylation sites is 2. The average Bonchev–Trinajstić information content (AvgIpc) is 3.07. The van der Waals surface area contributed by atoms with E-state index in [1.165, 1.54) is 6.92 Å². The van der Waals surface area contributed by atoms with Gasteiger partial charge in [0, 0.05) is 12.5 Å². The van der Waals surface area contributed by atoms with Crippen molar-refractivity contribution in [2.24, 2.45) is 0 Å². The average molecular weight is 341 g/mol. The third-order valence-corrected chi connectivity index (χ3v) is 4.47. The van der Waals surface area contributed by atoms with Crippen molar-refractivity contribution >= 4 is 22.6 Å². The van der Waals surface area contributed by atoms with Crippen LogP contribution in [0.25, 0.3) is 27.8 Å². The molecule has 1 heterocycles. The summed E-state index contributed by atoms with van der Waals surface area (Å²) >= 11 is 0. The molecule has 1 N–H and O–H groups in total. The molecule has 1 aromatic heterocycles. The Labute approximate surface area is 152 Å². The van der Waals surface area contributed by atoms with Crippen LogP contribution in [0.1, 0.15) is 12.5 Å². The molecule has 0 aliphatic heterocycles. The first-order chi connectivity index (χ1) is 12.6. The maximum atomic E-state index is 11.9. The molecular formula is C22H19N3O. The first-order valence-corrected chi connectivity index (χ1v) is 8.54. The summed E-state index contributed by atoms with van der Waals surface area (Å²) in [6.45, 7) is 3.53. The number of imidazole rings is 1. The lowest BCUT2D eigenvalue weighted by Crippen LogP contribution is -2.11. The van der Waals surface area contributed by atoms with E-state index in [4.69, 9.17) is 0 Å². The Morgan fingerprint density at radius 3 is 2.46 bits per heavy atom. The van der Waals surface area contributed by atoms with Crippen LogP contribution in [-0.2, 0) is 4.79 Å². The molecule has 4 heteroatoms. The van der Waals surface area contributed by atoms with E-state index >= 15 is 0 Å². The largest absolute Gasteiger partial charge is 0.324 e. The van der Waals surface area contributed by atoms with E-state index in [0.29, 0.717) is 0 Å². The summed E-state index contributed by atoms with van der Waals surface area (Å²) in [6.07, 6.45) is 1.82. The van der Waals surface area contributed by atoms with E-state index in [9.17, 15) is 4.79 Å². The van der Waals surface area contributed by atoms with Crippen LogP contribution in [0.3, 0.4) is 0 Å². The first kappa shape index (κ1) is 16.1. The first-order valence-electron chi connectivity index (χ1n) is 8.54. The maximum absolute atomic E-state index is 11.9. The highest BCUT2D eigenvalue weighted by Crippen LogP contribution is 2.36. The van der Waals surface area contributed by atoms with Crippen molar-refractivity contribution < 1.29 is 4.79 Å². The zero-order valence-electron chi connectivity index (χ0n) is 14.7. The van der Waals surface area contributed by atoms with Crippen molar-refractivity contribution in [3.05, 3.63) is 78.6 Å². The van der Waals surface area contributed by atoms with Gasteiger partial charge in [0.2, 0.25) is 5.91 Å². The third-order valence-electron chi connectivity index (χ3n) is 4.47. The summed E-state index contributed by atoms with van der Waals surface area (Å²) in [4.78, 5) is 16.4. The highest BCUT2D eigenvalue weighted by Gasteiger charge is 2.17. The van der Waals surface area contributed by atoms with Gasteiger partial charge < -0.3 is 5.32 Å². The minimum Gasteiger partial charge on any atom is -0.324 e. The molecule has 0 bridgehead atoms. The van der Waals surface area contributed by atoms with Crippen molar-refractivity contribution in [1.29, 1.82) is 0 Å². The number of anilines is 1. The molecule has 0 saturated heterocycles. The van der Waals surface area contributed by atoms with Gasteiger partial charge in [0.15, 0.2) is 0 Å². The van der Waals surface area contributed by atoms with E-state index in [1.807, 2.05) is 61.8 Å². The van der Waals surface area contributed by atoms with Crippen LogP contribution >= 0.6 is 0 Å². The van der Waals surface area contributed by atoms with Gasteiger partial charge in [-0.25, -0.2) is 4.98 Å². The van der Waals surface area contributed by atoms with Crippen LogP contribution in [0.15, 0.2) is 73.1 Å². The summed E-state index contributed by atoms with van der Waals surface area (Å²) in [5, 5.41) is 3.02. The highest BCUT2D eigenvalue weighted by molar-refractivity contribution is 5.96. The van der Waals surface area contributed by atoms with E-state index in [0.717, 1.165) is 39.1 Å². The lowest BCUT2D eigenvalue weighted by atomic mass is 9.99. The lowest BCUT2D eigenvalue weighted by Gasteiger charge is -2.19. The predicted molar refractivity (Wildman–Crippen MR) is 106 cm³/mol. The van der Waals surface area contributed by atoms with Crippen LogP contribution in [0.4, 0.5) is 5.69 Å². The Bertz CT molecular complexity index is 1100. The fourth-order valence-corrected chi connectivity index (χ4v) is 3.26. The zero-order chi connectivity index (χ0) is 18.1. The molecule has 0 aliphatic rings. The number of rotatable bonds is 3. The number of carbonyl (C=O) groups excluding carboxylic acids is 1. The zero-order valence-corrected chi connectivity index (χ0v) is 14.7. The molecule has 26 heavy (non-hydrogen) atoms. The van der Waals surface area contributed by atoms with Crippen LogP contribution in [0.5, 0.6) is 0 Å². The van der Waals surface area contributed by atoms with Crippen LogP contribution in [-0.4, -0.2) is 15.5 Å². The van der Waals surface area contributed by atoms with E-state index in [1.54, 1.807) is 0 Å². The molecule has 0 saturated carbocycles. The van der Waals surface area contributed by atoms with Gasteiger partial charge in [-0.2, -0.15) is 0 Å². The molecule has 0 atom stereocenters. The molecule has 0 aliphatic carbocycles. The van der Waals surface area contributed by atoms with Gasteiger partial charge in [-0.1, -0.05) is 54.6 Å². The number of hydrogen-bond acceptors (Lipinski definition) is 2. The van der Waals surface area contributed by atoms with Gasteiger partial charge in [-0.3, -0.25) is 9.36 Å². The molecule has 3 aromatic carbocycles. The SMILES string of the molecule is CC(=O)Nc1c(C)ccc(-c2ccccc2)c1-n1cnc2ccccc21. The Hall–Kier alpha value is -3.40. The second-order valence-corrected chi connectivity index (χ2v) is 6.30. The minimum atomic E-state index is -0.0935. The van der Waals surface area contributed by atoms with Crippen LogP contribution < -0.4 is 5.32 Å². The fourth-order valence-electron chi connectivity index (χ4n) is 3.26. The van der Waals surface area contributed by atoms with E-state index in [-0.39, 0.29) is 5.91 Å². The Morgan fingerprint density at radius 2 is 1.69 bits per heavy atom. The number of nitrogens with one attached hydrogen (secondary N) is 1. The molecular weight excluding hydrogens is 322 g/mol. The molecule has 0 fully saturated rings. The number of hydrogen-bond donors (Lipinski definition) is 1. The molecule has 0 unspecified atom stereocenters. The number of fused-ring (bicyclic) bond motifs is 1. The van der Waals surface area contributed by atoms with Crippen LogP contribution in [0.2, 0.25) is 0 Å². The van der Waals surface area contributed by atoms with E-state index < -0.39 is 0 Å². The van der Waals surface area contributed by atoms with Gasteiger partial charge in [0.25, 0.3) is 0 Å². The maximum Gasteiger partial charge on any atom is 0.221 e. The van der Waals surface area contributed by atoms with Gasteiger partial charge >= 0.3 is 0 Å². The van der Waals surface area contributed by atoms with E-state index in [2.05, 4.69) is 33.1 Å². The summed E-state index contributed by atoms with van der Waals surface area (Å²) in [5.74, 6) is -0.0935. The topological polar surface area (TPSA) is 46.9 Å². The van der Waals surface area contributed by atoms with Gasteiger partial charge in [0.1, 0.15) is 6.33 Å². The van der Waals surface area contributed by atoms with Gasteiger partial charge in [-0.15, -0.1) is 0 Å². The van der Waals surface area contributed by atoms with Gasteiger partial charge in [0.05, 0.1) is 22.4 Å². The number of nitrogens with zero attached hydrogens (tertiary/aromatic N) is 2. The monoisotopic (exact) mass is 341 g/mol. The fraction of sp³-hybridized carbons (Fsp3) is 0.0909. The molecule has 0 spiro atoms. The quantitative estimate of drug-likeness (QED) is 0.572. The normalized spacial score (nSPS) is 10.8. The second kappa shape index (κ2) is 6.48. The highest BCUT2D eigenvalue weighted by atomic mass is 16.1. The van der Waals surface area contributed by atoms with Crippen molar-refractivity contribution in [3.8, 4) is 16.8 Å². The molecule has 0 radical (unpaired) electrons. The number of aryl methyl sites for hydroxylation is 1. The van der Waals surface area contributed by atoms with Crippen LogP contribution in [0, 0.1) is 6.92 Å². The number of amides is 1. The number of benzene rings is 3. The second-order valence-electron chi connectivity index (χ2n) is 6.30. The molecule has 1 amide bonds. The lowest BCUT2D eigenvalue weighted by molar-refractivity contribution is -0.114. The molecule has 4 aromatic rings. The predicted octanol–water partition coefficient (Wildman–Crippen LogP) is 4.96. The van der Waals surface area contributed by atoms with Crippen molar-refractivity contribution in [2.45, 2.75) is 13.8 Å². The Kier molecular flexibility index (Phi) is 4.01. The van der Waals surface area contributed by atoms with Gasteiger partial charge in [-0.05, 0) is 30.2 Å². The van der Waals surface area contributed by atoms with Crippen molar-refractivity contribution in [1.82, 2.24) is 9.55 Å². The standard InChI is InChI=1S/C22H19N3O/c1-15-12-13-18(17-8-4-3-5-9-17)22(21(15)24-16(2)26)25-14-23-19-10-6-7-11-20(19)25/h3-14H,1-2H3,(H,24,26). The number of aromatic nitrogens is 2. The Balaban J connectivity index is 2.07. The third kappa shape index (κ3) is 2.75. The van der Waals surface area contributed by atoms with Crippen molar-refractivity contribution in [2.75, 3.05) is 5.32 Å². The minimum absolute atomic E-state index is 0.0935. The summed E-state index contributed by atoms with van der Waals surface area (Å²) in [6, 6.07) is 22.3. The summed E-state index contributed by atoms with van der Waals surface area (Å²) in [7, 11) is 0. The molecule has 4 nitrogen and oxygen atoms in total. The summed E-state index contributed by atoms with van der Waals surface area (Å²) in [5.41, 5.74) is 6.80. The molecule has 128 valence electrons. The smallest absolute Gasteiger partial charge is 0.221 e. The van der Waals surface area contributed by atoms with Crippen molar-refractivity contribution in [3.63, 3.8) is 0 Å². The Morgan fingerprint density at radius 1 is 0.962 bits per heavy atom.